The van der Waals surface area contributed by atoms with E-state index in [2.05, 4.69) is 10.3 Å². The van der Waals surface area contributed by atoms with Crippen LogP contribution in [0.5, 0.6) is 0 Å². The molecule has 104 valence electrons. The van der Waals surface area contributed by atoms with E-state index >= 15 is 0 Å². The highest BCUT2D eigenvalue weighted by atomic mass is 35.5. The quantitative estimate of drug-likeness (QED) is 0.734. The van der Waals surface area contributed by atoms with E-state index in [9.17, 15) is 0 Å². The second-order valence-corrected chi connectivity index (χ2v) is 5.07. The first kappa shape index (κ1) is 13.2. The molecule has 0 spiro atoms. The molecule has 0 radical (unpaired) electrons. The Labute approximate surface area is 122 Å². The summed E-state index contributed by atoms with van der Waals surface area (Å²) in [6.07, 6.45) is 4.66. The van der Waals surface area contributed by atoms with Gasteiger partial charge in [0.15, 0.2) is 5.22 Å². The molecule has 3 aromatic rings. The van der Waals surface area contributed by atoms with Gasteiger partial charge < -0.3 is 14.3 Å². The van der Waals surface area contributed by atoms with E-state index in [0.717, 1.165) is 35.3 Å². The normalized spacial score (nSPS) is 11.3. The first-order chi connectivity index (χ1) is 9.75. The van der Waals surface area contributed by atoms with Gasteiger partial charge in [-0.15, -0.1) is 0 Å². The van der Waals surface area contributed by atoms with Crippen LogP contribution in [0.2, 0.25) is 5.22 Å². The number of halogens is 1. The van der Waals surface area contributed by atoms with E-state index in [1.165, 1.54) is 0 Å². The lowest BCUT2D eigenvalue weighted by atomic mass is 10.2. The summed E-state index contributed by atoms with van der Waals surface area (Å²) in [4.78, 5) is 4.30. The van der Waals surface area contributed by atoms with Gasteiger partial charge in [-0.25, -0.2) is 4.98 Å². The van der Waals surface area contributed by atoms with Gasteiger partial charge in [-0.1, -0.05) is 18.2 Å². The lowest BCUT2D eigenvalue weighted by Crippen LogP contribution is -2.18. The van der Waals surface area contributed by atoms with Crippen molar-refractivity contribution in [2.45, 2.75) is 13.0 Å². The number of furan rings is 1. The van der Waals surface area contributed by atoms with E-state index in [1.807, 2.05) is 48.3 Å². The Hall–Kier alpha value is -1.78. The Morgan fingerprint density at radius 2 is 2.20 bits per heavy atom. The lowest BCUT2D eigenvalue weighted by molar-refractivity contribution is 0.601. The van der Waals surface area contributed by atoms with Crippen molar-refractivity contribution in [1.29, 1.82) is 0 Å². The maximum Gasteiger partial charge on any atom is 0.199 e. The summed E-state index contributed by atoms with van der Waals surface area (Å²) < 4.78 is 7.56. The van der Waals surface area contributed by atoms with Crippen molar-refractivity contribution in [3.8, 4) is 0 Å². The molecule has 0 saturated heterocycles. The Balaban J connectivity index is 1.63. The summed E-state index contributed by atoms with van der Waals surface area (Å²) in [6.45, 7) is 1.54. The average molecular weight is 290 g/mol. The number of aryl methyl sites for hydroxylation is 1. The van der Waals surface area contributed by atoms with Crippen LogP contribution < -0.4 is 5.32 Å². The summed E-state index contributed by atoms with van der Waals surface area (Å²) in [6, 6.07) is 7.89. The number of imidazole rings is 1. The minimum Gasteiger partial charge on any atom is -0.444 e. The zero-order valence-corrected chi connectivity index (χ0v) is 12.0. The Bertz CT molecular complexity index is 717. The third-order valence-electron chi connectivity index (χ3n) is 3.40. The molecule has 2 aromatic heterocycles. The SMILES string of the molecule is Cn1ccnc1CCNCc1c(Cl)oc2ccccc12. The summed E-state index contributed by atoms with van der Waals surface area (Å²) in [7, 11) is 2.00. The molecule has 0 atom stereocenters. The van der Waals surface area contributed by atoms with Gasteiger partial charge in [-0.3, -0.25) is 0 Å². The molecular weight excluding hydrogens is 274 g/mol. The predicted octanol–water partition coefficient (Wildman–Crippen LogP) is 3.15. The molecule has 5 heteroatoms. The van der Waals surface area contributed by atoms with E-state index in [-0.39, 0.29) is 0 Å². The fourth-order valence-corrected chi connectivity index (χ4v) is 2.54. The van der Waals surface area contributed by atoms with Gasteiger partial charge >= 0.3 is 0 Å². The van der Waals surface area contributed by atoms with Crippen LogP contribution in [0.15, 0.2) is 41.1 Å². The van der Waals surface area contributed by atoms with Crippen LogP contribution in [0.4, 0.5) is 0 Å². The Morgan fingerprint density at radius 1 is 1.35 bits per heavy atom. The molecule has 1 aromatic carbocycles. The number of benzene rings is 1. The second kappa shape index (κ2) is 5.69. The third-order valence-corrected chi connectivity index (χ3v) is 3.70. The first-order valence-corrected chi connectivity index (χ1v) is 6.96. The van der Waals surface area contributed by atoms with Crippen LogP contribution in [0.1, 0.15) is 11.4 Å². The van der Waals surface area contributed by atoms with Crippen molar-refractivity contribution in [3.05, 3.63) is 53.3 Å². The largest absolute Gasteiger partial charge is 0.444 e. The number of nitrogens with one attached hydrogen (secondary N) is 1. The number of rotatable bonds is 5. The number of hydrogen-bond donors (Lipinski definition) is 1. The second-order valence-electron chi connectivity index (χ2n) is 4.73. The summed E-state index contributed by atoms with van der Waals surface area (Å²) in [5.41, 5.74) is 1.85. The Kier molecular flexibility index (Phi) is 3.76. The number of fused-ring (bicyclic) bond motifs is 1. The summed E-state index contributed by atoms with van der Waals surface area (Å²) in [5, 5.41) is 4.93. The molecule has 4 nitrogen and oxygen atoms in total. The fourth-order valence-electron chi connectivity index (χ4n) is 2.28. The number of nitrogens with zero attached hydrogens (tertiary/aromatic N) is 2. The smallest absolute Gasteiger partial charge is 0.199 e. The van der Waals surface area contributed by atoms with Crippen LogP contribution in [0.25, 0.3) is 11.0 Å². The van der Waals surface area contributed by atoms with Gasteiger partial charge in [-0.05, 0) is 17.7 Å². The highest BCUT2D eigenvalue weighted by molar-refractivity contribution is 6.30. The maximum atomic E-state index is 6.15. The van der Waals surface area contributed by atoms with Crippen LogP contribution >= 0.6 is 11.6 Å². The number of aromatic nitrogens is 2. The zero-order valence-electron chi connectivity index (χ0n) is 11.3. The molecule has 0 unspecified atom stereocenters. The summed E-state index contributed by atoms with van der Waals surface area (Å²) >= 11 is 6.15. The molecule has 0 bridgehead atoms. The van der Waals surface area contributed by atoms with Crippen LogP contribution in [0, 0.1) is 0 Å². The number of para-hydroxylation sites is 1. The van der Waals surface area contributed by atoms with Crippen LogP contribution in [0.3, 0.4) is 0 Å². The molecule has 0 amide bonds. The zero-order chi connectivity index (χ0) is 13.9. The maximum absolute atomic E-state index is 6.15. The fraction of sp³-hybridized carbons (Fsp3) is 0.267. The Morgan fingerprint density at radius 3 is 3.00 bits per heavy atom. The van der Waals surface area contributed by atoms with Crippen molar-refractivity contribution < 1.29 is 4.42 Å². The van der Waals surface area contributed by atoms with Crippen molar-refractivity contribution in [3.63, 3.8) is 0 Å². The molecule has 0 aliphatic rings. The van der Waals surface area contributed by atoms with E-state index in [0.29, 0.717) is 11.8 Å². The topological polar surface area (TPSA) is 43.0 Å². The number of hydrogen-bond acceptors (Lipinski definition) is 3. The van der Waals surface area contributed by atoms with Crippen LogP contribution in [-0.2, 0) is 20.0 Å². The molecule has 3 rings (SSSR count). The van der Waals surface area contributed by atoms with Gasteiger partial charge in [0.25, 0.3) is 0 Å². The van der Waals surface area contributed by atoms with Crippen molar-refractivity contribution in [2.75, 3.05) is 6.54 Å². The minimum atomic E-state index is 0.468. The monoisotopic (exact) mass is 289 g/mol. The van der Waals surface area contributed by atoms with Gasteiger partial charge in [-0.2, -0.15) is 0 Å². The van der Waals surface area contributed by atoms with E-state index in [1.54, 1.807) is 0 Å². The van der Waals surface area contributed by atoms with Crippen molar-refractivity contribution >= 4 is 22.6 Å². The van der Waals surface area contributed by atoms with Crippen LogP contribution in [-0.4, -0.2) is 16.1 Å². The van der Waals surface area contributed by atoms with Gasteiger partial charge in [0, 0.05) is 49.9 Å². The highest BCUT2D eigenvalue weighted by Gasteiger charge is 2.11. The van der Waals surface area contributed by atoms with Gasteiger partial charge in [0.05, 0.1) is 0 Å². The van der Waals surface area contributed by atoms with E-state index in [4.69, 9.17) is 16.0 Å². The van der Waals surface area contributed by atoms with E-state index < -0.39 is 0 Å². The average Bonchev–Trinajstić information content (AvgIpc) is 2.98. The molecule has 0 aliphatic carbocycles. The lowest BCUT2D eigenvalue weighted by Gasteiger charge is -2.04. The molecular formula is C15H16ClN3O. The standard InChI is InChI=1S/C15H16ClN3O/c1-19-9-8-18-14(19)6-7-17-10-12-11-4-2-3-5-13(11)20-15(12)16/h2-5,8-9,17H,6-7,10H2,1H3. The first-order valence-electron chi connectivity index (χ1n) is 6.58. The van der Waals surface area contributed by atoms with Gasteiger partial charge in [0.2, 0.25) is 0 Å². The molecule has 2 heterocycles. The predicted molar refractivity (Wildman–Crippen MR) is 79.8 cm³/mol. The molecule has 0 fully saturated rings. The third kappa shape index (κ3) is 2.57. The molecule has 20 heavy (non-hydrogen) atoms. The van der Waals surface area contributed by atoms with Gasteiger partial charge in [0.1, 0.15) is 11.4 Å². The van der Waals surface area contributed by atoms with Crippen molar-refractivity contribution in [1.82, 2.24) is 14.9 Å². The summed E-state index contributed by atoms with van der Waals surface area (Å²) in [5.74, 6) is 1.07. The molecule has 0 aliphatic heterocycles. The highest BCUT2D eigenvalue weighted by Crippen LogP contribution is 2.29. The van der Waals surface area contributed by atoms with Crippen molar-refractivity contribution in [2.24, 2.45) is 7.05 Å². The molecule has 1 N–H and O–H groups in total. The molecule has 0 saturated carbocycles. The minimum absolute atomic E-state index is 0.468.